The van der Waals surface area contributed by atoms with Gasteiger partial charge in [0.2, 0.25) is 0 Å². The molecular weight excluding hydrogens is 1300 g/mol. The summed E-state index contributed by atoms with van der Waals surface area (Å²) in [5, 5.41) is 35.3. The Bertz CT molecular complexity index is 1070. The average molecular weight is 1390 g/mol. The minimum atomic E-state index is -0.489. The van der Waals surface area contributed by atoms with Crippen LogP contribution < -0.4 is 9.47 Å². The SMILES string of the molecule is CC(C)COCCCCO.CC(C)COCCCCO.CC(C)COCCCCOOC(CO)COc1ccccc1.CC(C)COCCCCOOC(CO)COc1ccccc1.[U].[U]. The van der Waals surface area contributed by atoms with Gasteiger partial charge < -0.3 is 48.8 Å². The van der Waals surface area contributed by atoms with Crippen molar-refractivity contribution in [1.29, 1.82) is 0 Å². The van der Waals surface area contributed by atoms with Crippen molar-refractivity contribution in [3.8, 4) is 11.5 Å². The van der Waals surface area contributed by atoms with Crippen LogP contribution in [0.4, 0.5) is 0 Å². The molecule has 0 aliphatic rings. The molecule has 2 atom stereocenters. The van der Waals surface area contributed by atoms with Crippen LogP contribution in [0.15, 0.2) is 60.7 Å². The summed E-state index contributed by atoms with van der Waals surface area (Å²) >= 11 is 0. The minimum Gasteiger partial charge on any atom is -0.491 e. The molecule has 0 saturated carbocycles. The van der Waals surface area contributed by atoms with Gasteiger partial charge in [0.05, 0.1) is 26.4 Å². The molecule has 0 spiro atoms. The van der Waals surface area contributed by atoms with E-state index in [0.717, 1.165) is 116 Å². The Balaban J connectivity index is -0.000000410. The van der Waals surface area contributed by atoms with Crippen LogP contribution in [0.25, 0.3) is 0 Å². The number of para-hydroxylation sites is 2. The van der Waals surface area contributed by atoms with E-state index < -0.39 is 12.2 Å². The molecule has 66 heavy (non-hydrogen) atoms. The summed E-state index contributed by atoms with van der Waals surface area (Å²) in [7, 11) is 0. The molecular formula is C50H92O14U2. The molecule has 2 unspecified atom stereocenters. The summed E-state index contributed by atoms with van der Waals surface area (Å²) in [5.74, 6) is 3.85. The third kappa shape index (κ3) is 58.0. The maximum Gasteiger partial charge on any atom is 0.150 e. The first-order valence-electron chi connectivity index (χ1n) is 23.6. The normalized spacial score (nSPS) is 11.6. The zero-order valence-corrected chi connectivity index (χ0v) is 50.4. The molecule has 16 heteroatoms. The standard InChI is InChI=1S/2C17H28O5.2C8H18O2.2U/c2*1-15(2)13-19-10-6-7-11-21-22-17(12-18)14-20-16-8-4-3-5-9-16;2*1-8(2)7-10-6-4-3-5-9;;/h2*3-5,8-9,15,17-18H,6-7,10-14H2,1-2H3;2*8-9H,3-7H2,1-2H3;;. The van der Waals surface area contributed by atoms with Gasteiger partial charge in [0.25, 0.3) is 0 Å². The molecule has 384 valence electrons. The van der Waals surface area contributed by atoms with Gasteiger partial charge >= 0.3 is 0 Å². The number of aliphatic hydroxyl groups is 4. The van der Waals surface area contributed by atoms with Gasteiger partial charge in [-0.25, -0.2) is 19.6 Å². The van der Waals surface area contributed by atoms with E-state index in [1.807, 2.05) is 60.7 Å². The number of hydrogen-bond acceptors (Lipinski definition) is 14. The Labute approximate surface area is 447 Å². The van der Waals surface area contributed by atoms with E-state index in [2.05, 4.69) is 55.4 Å². The molecule has 4 N–H and O–H groups in total. The van der Waals surface area contributed by atoms with Crippen molar-refractivity contribution in [2.75, 3.05) is 106 Å². The minimum absolute atomic E-state index is 0. The van der Waals surface area contributed by atoms with E-state index in [4.69, 9.17) is 58.2 Å². The fraction of sp³-hybridized carbons (Fsp3) is 0.760. The van der Waals surface area contributed by atoms with Crippen LogP contribution in [0.1, 0.15) is 107 Å². The van der Waals surface area contributed by atoms with Gasteiger partial charge in [-0.2, -0.15) is 0 Å². The molecule has 0 amide bonds. The van der Waals surface area contributed by atoms with E-state index in [0.29, 0.717) is 36.9 Å². The molecule has 0 fully saturated rings. The molecule has 2 rings (SSSR count). The van der Waals surface area contributed by atoms with E-state index >= 15 is 0 Å². The van der Waals surface area contributed by atoms with Crippen molar-refractivity contribution < 1.29 is 131 Å². The van der Waals surface area contributed by atoms with Crippen molar-refractivity contribution >= 4 is 0 Å². The van der Waals surface area contributed by atoms with Gasteiger partial charge in [-0.05, 0) is 99.3 Å². The second-order valence-corrected chi connectivity index (χ2v) is 16.8. The average Bonchev–Trinajstić information content (AvgIpc) is 3.28. The van der Waals surface area contributed by atoms with E-state index in [-0.39, 0.29) is 102 Å². The van der Waals surface area contributed by atoms with Gasteiger partial charge in [-0.3, -0.25) is 0 Å². The van der Waals surface area contributed by atoms with Crippen molar-refractivity contribution in [2.24, 2.45) is 23.7 Å². The maximum absolute atomic E-state index is 9.22. The third-order valence-electron chi connectivity index (χ3n) is 7.90. The summed E-state index contributed by atoms with van der Waals surface area (Å²) in [6.45, 7) is 25.1. The number of aliphatic hydroxyl groups excluding tert-OH is 4. The van der Waals surface area contributed by atoms with Crippen LogP contribution in [0, 0.1) is 85.9 Å². The Morgan fingerprint density at radius 2 is 0.636 bits per heavy atom. The zero-order valence-electron chi connectivity index (χ0n) is 42.1. The summed E-state index contributed by atoms with van der Waals surface area (Å²) in [4.78, 5) is 20.5. The second-order valence-electron chi connectivity index (χ2n) is 16.8. The predicted octanol–water partition coefficient (Wildman–Crippen LogP) is 8.52. The number of benzene rings is 2. The second kappa shape index (κ2) is 57.2. The summed E-state index contributed by atoms with van der Waals surface area (Å²) < 4.78 is 32.5. The Kier molecular flexibility index (Phi) is 62.6. The fourth-order valence-electron chi connectivity index (χ4n) is 4.56. The first-order chi connectivity index (χ1) is 31.0. The van der Waals surface area contributed by atoms with Gasteiger partial charge in [0.1, 0.15) is 36.9 Å². The van der Waals surface area contributed by atoms with E-state index in [1.54, 1.807) is 0 Å². The Hall–Kier alpha value is -0.336. The smallest absolute Gasteiger partial charge is 0.150 e. The number of rotatable bonds is 38. The predicted molar refractivity (Wildman–Crippen MR) is 253 cm³/mol. The maximum atomic E-state index is 9.22. The van der Waals surface area contributed by atoms with Crippen molar-refractivity contribution in [2.45, 2.75) is 119 Å². The molecule has 0 radical (unpaired) electrons. The Morgan fingerprint density at radius 1 is 0.364 bits per heavy atom. The van der Waals surface area contributed by atoms with E-state index in [9.17, 15) is 10.2 Å². The molecule has 0 saturated heterocycles. The first-order valence-corrected chi connectivity index (χ1v) is 23.6. The summed E-state index contributed by atoms with van der Waals surface area (Å²) in [6, 6.07) is 18.8. The van der Waals surface area contributed by atoms with Crippen LogP contribution in [-0.4, -0.2) is 138 Å². The topological polar surface area (TPSA) is 173 Å². The first kappa shape index (κ1) is 72.2. The van der Waals surface area contributed by atoms with Gasteiger partial charge in [0, 0.05) is 128 Å². The number of unbranched alkanes of at least 4 members (excludes halogenated alkanes) is 4. The van der Waals surface area contributed by atoms with Crippen molar-refractivity contribution in [1.82, 2.24) is 0 Å². The molecule has 2 aromatic carbocycles. The fourth-order valence-corrected chi connectivity index (χ4v) is 4.56. The molecule has 2 aromatic rings. The van der Waals surface area contributed by atoms with Crippen molar-refractivity contribution in [3.05, 3.63) is 60.7 Å². The summed E-state index contributed by atoms with van der Waals surface area (Å²) in [6.07, 6.45) is 6.27. The number of hydrogen-bond donors (Lipinski definition) is 4. The quantitative estimate of drug-likeness (QED) is 0.0286. The van der Waals surface area contributed by atoms with Crippen LogP contribution in [-0.2, 0) is 38.5 Å². The largest absolute Gasteiger partial charge is 0.491 e. The monoisotopic (exact) mass is 1390 g/mol. The van der Waals surface area contributed by atoms with Crippen LogP contribution >= 0.6 is 0 Å². The summed E-state index contributed by atoms with van der Waals surface area (Å²) in [5.41, 5.74) is 0. The van der Waals surface area contributed by atoms with Crippen LogP contribution in [0.3, 0.4) is 0 Å². The van der Waals surface area contributed by atoms with Gasteiger partial charge in [-0.1, -0.05) is 91.8 Å². The van der Waals surface area contributed by atoms with Crippen molar-refractivity contribution in [3.63, 3.8) is 0 Å². The van der Waals surface area contributed by atoms with Gasteiger partial charge in [-0.15, -0.1) is 0 Å². The molecule has 14 nitrogen and oxygen atoms in total. The molecule has 0 heterocycles. The van der Waals surface area contributed by atoms with Crippen LogP contribution in [0.5, 0.6) is 11.5 Å². The van der Waals surface area contributed by atoms with E-state index in [1.165, 1.54) is 0 Å². The van der Waals surface area contributed by atoms with Crippen LogP contribution in [0.2, 0.25) is 0 Å². The Morgan fingerprint density at radius 3 is 0.894 bits per heavy atom. The number of ether oxygens (including phenoxy) is 6. The molecule has 0 aliphatic heterocycles. The molecule has 0 bridgehead atoms. The van der Waals surface area contributed by atoms with Gasteiger partial charge in [0.15, 0.2) is 0 Å². The molecule has 0 aromatic heterocycles. The zero-order chi connectivity index (χ0) is 47.7. The third-order valence-corrected chi connectivity index (χ3v) is 7.90. The molecule has 0 aliphatic carbocycles.